The van der Waals surface area contributed by atoms with Crippen molar-refractivity contribution in [2.75, 3.05) is 0 Å². The summed E-state index contributed by atoms with van der Waals surface area (Å²) < 4.78 is 5.27. The van der Waals surface area contributed by atoms with E-state index in [1.165, 1.54) is 45.4 Å². The molecule has 4 saturated carbocycles. The van der Waals surface area contributed by atoms with Crippen LogP contribution in [0.3, 0.4) is 0 Å². The number of hydrogen-bond donors (Lipinski definition) is 0. The highest BCUT2D eigenvalue weighted by Gasteiger charge is 2.65. The van der Waals surface area contributed by atoms with Crippen molar-refractivity contribution >= 4 is 27.7 Å². The van der Waals surface area contributed by atoms with Crippen LogP contribution in [0.4, 0.5) is 0 Å². The van der Waals surface area contributed by atoms with Crippen LogP contribution in [0, 0.1) is 34.5 Å². The van der Waals surface area contributed by atoms with Crippen molar-refractivity contribution in [2.45, 2.75) is 95.9 Å². The molecule has 8 atom stereocenters. The highest BCUT2D eigenvalue weighted by atomic mass is 79.9. The predicted molar refractivity (Wildman–Crippen MR) is 110 cm³/mol. The average molecular weight is 439 g/mol. The van der Waals surface area contributed by atoms with Crippen molar-refractivity contribution in [1.29, 1.82) is 0 Å². The van der Waals surface area contributed by atoms with Crippen LogP contribution in [0.1, 0.15) is 85.5 Å². The lowest BCUT2D eigenvalue weighted by Crippen LogP contribution is -2.56. The number of fused-ring (bicyclic) bond motifs is 5. The zero-order valence-electron chi connectivity index (χ0n) is 17.4. The first-order valence-corrected chi connectivity index (χ1v) is 11.8. The van der Waals surface area contributed by atoms with Gasteiger partial charge in [0, 0.05) is 6.92 Å². The number of ether oxygens (including phenoxy) is 1. The van der Waals surface area contributed by atoms with Crippen molar-refractivity contribution < 1.29 is 14.3 Å². The van der Waals surface area contributed by atoms with E-state index >= 15 is 0 Å². The summed E-state index contributed by atoms with van der Waals surface area (Å²) in [6.45, 7) is 8.24. The van der Waals surface area contributed by atoms with E-state index in [1.807, 2.05) is 0 Å². The summed E-state index contributed by atoms with van der Waals surface area (Å²) in [5.74, 6) is 3.08. The summed E-state index contributed by atoms with van der Waals surface area (Å²) in [6, 6.07) is 0. The van der Waals surface area contributed by atoms with E-state index < -0.39 is 0 Å². The number of halogens is 1. The zero-order chi connectivity index (χ0) is 19.6. The molecule has 4 aliphatic rings. The number of rotatable bonds is 2. The minimum Gasteiger partial charge on any atom is -0.463 e. The maximum absolute atomic E-state index is 12.5. The Morgan fingerprint density at radius 3 is 2.30 bits per heavy atom. The fourth-order valence-corrected chi connectivity index (χ4v) is 8.84. The zero-order valence-corrected chi connectivity index (χ0v) is 18.9. The van der Waals surface area contributed by atoms with Gasteiger partial charge in [-0.3, -0.25) is 9.59 Å². The molecule has 3 nitrogen and oxygen atoms in total. The highest BCUT2D eigenvalue weighted by molar-refractivity contribution is 9.10. The third-order valence-electron chi connectivity index (χ3n) is 9.60. The van der Waals surface area contributed by atoms with Gasteiger partial charge in [-0.25, -0.2) is 0 Å². The lowest BCUT2D eigenvalue weighted by atomic mass is 9.44. The molecule has 0 saturated heterocycles. The summed E-state index contributed by atoms with van der Waals surface area (Å²) in [5.41, 5.74) is 0.493. The average Bonchev–Trinajstić information content (AvgIpc) is 2.87. The first-order chi connectivity index (χ1) is 12.6. The number of Topliss-reactive ketones (excluding diaryl/α,β-unsaturated/α-hetero) is 1. The lowest BCUT2D eigenvalue weighted by molar-refractivity contribution is -0.160. The minimum absolute atomic E-state index is 0.109. The van der Waals surface area contributed by atoms with Crippen LogP contribution < -0.4 is 0 Å². The molecule has 152 valence electrons. The number of ketones is 1. The number of esters is 1. The predicted octanol–water partition coefficient (Wildman–Crippen LogP) is 5.68. The molecule has 4 rings (SSSR count). The molecule has 0 spiro atoms. The van der Waals surface area contributed by atoms with Crippen molar-refractivity contribution in [3.8, 4) is 0 Å². The number of alkyl halides is 1. The van der Waals surface area contributed by atoms with Crippen molar-refractivity contribution in [3.63, 3.8) is 0 Å². The lowest BCUT2D eigenvalue weighted by Gasteiger charge is -2.61. The van der Waals surface area contributed by atoms with Gasteiger partial charge < -0.3 is 4.74 Å². The molecule has 0 bridgehead atoms. The molecule has 0 heterocycles. The molecule has 0 amide bonds. The second-order valence-corrected chi connectivity index (χ2v) is 11.9. The van der Waals surface area contributed by atoms with Gasteiger partial charge in [-0.1, -0.05) is 29.8 Å². The number of carbonyl (C=O) groups is 2. The summed E-state index contributed by atoms with van der Waals surface area (Å²) >= 11 is 3.94. The van der Waals surface area contributed by atoms with Crippen molar-refractivity contribution in [1.82, 2.24) is 0 Å². The van der Waals surface area contributed by atoms with Gasteiger partial charge in [-0.15, -0.1) is 0 Å². The van der Waals surface area contributed by atoms with Crippen molar-refractivity contribution in [2.24, 2.45) is 34.5 Å². The maximum atomic E-state index is 12.5. The van der Waals surface area contributed by atoms with Crippen LogP contribution in [0.5, 0.6) is 0 Å². The number of carbonyl (C=O) groups excluding carboxylic acids is 2. The first-order valence-electron chi connectivity index (χ1n) is 11.0. The van der Waals surface area contributed by atoms with E-state index in [0.29, 0.717) is 23.0 Å². The third kappa shape index (κ3) is 2.79. The van der Waals surface area contributed by atoms with E-state index in [1.54, 1.807) is 6.92 Å². The molecule has 0 aromatic carbocycles. The van der Waals surface area contributed by atoms with Gasteiger partial charge >= 0.3 is 5.97 Å². The molecule has 4 aliphatic carbocycles. The van der Waals surface area contributed by atoms with E-state index in [2.05, 4.69) is 29.8 Å². The van der Waals surface area contributed by atoms with Crippen LogP contribution in [-0.4, -0.2) is 22.2 Å². The molecule has 0 N–H and O–H groups in total. The van der Waals surface area contributed by atoms with E-state index in [4.69, 9.17) is 4.74 Å². The molecular weight excluding hydrogens is 404 g/mol. The standard InChI is InChI=1S/C23H35BrO3/c1-14(25)23(24)12-9-20-18-6-5-16-13-17(27-15(2)26)7-10-21(16,3)19(18)8-11-22(20,23)4/h16-20H,5-13H2,1-4H3/t16-,17-,18+,19-,20-,21-,22-,23-/m0/s1. The van der Waals surface area contributed by atoms with Crippen LogP contribution in [0.2, 0.25) is 0 Å². The Kier molecular flexibility index (Phi) is 4.85. The Hall–Kier alpha value is -0.380. The largest absolute Gasteiger partial charge is 0.463 e. The molecule has 0 aromatic rings. The molecule has 0 unspecified atom stereocenters. The monoisotopic (exact) mass is 438 g/mol. The smallest absolute Gasteiger partial charge is 0.302 e. The summed E-state index contributed by atoms with van der Waals surface area (Å²) in [5, 5.41) is 0. The highest BCUT2D eigenvalue weighted by Crippen LogP contribution is 2.70. The Morgan fingerprint density at radius 2 is 1.63 bits per heavy atom. The maximum Gasteiger partial charge on any atom is 0.302 e. The van der Waals surface area contributed by atoms with Gasteiger partial charge in [0.2, 0.25) is 0 Å². The van der Waals surface area contributed by atoms with Gasteiger partial charge in [0.25, 0.3) is 0 Å². The SMILES string of the molecule is CC(=O)O[C@H]1CC[C@@]2(C)[C@@H](CC[C@@H]3[C@@H]2CC[C@@]2(C)[C@H]3CC[C@]2(Br)C(C)=O)C1. The molecule has 4 fully saturated rings. The van der Waals surface area contributed by atoms with Crippen molar-refractivity contribution in [3.05, 3.63) is 0 Å². The topological polar surface area (TPSA) is 43.4 Å². The Balaban J connectivity index is 1.56. The Morgan fingerprint density at radius 1 is 0.926 bits per heavy atom. The van der Waals surface area contributed by atoms with Gasteiger partial charge in [0.05, 0.1) is 4.32 Å². The molecule has 0 aliphatic heterocycles. The van der Waals surface area contributed by atoms with E-state index in [-0.39, 0.29) is 21.8 Å². The van der Waals surface area contributed by atoms with Gasteiger partial charge in [-0.05, 0) is 99.2 Å². The summed E-state index contributed by atoms with van der Waals surface area (Å²) in [6.07, 6.45) is 10.6. The fraction of sp³-hybridized carbons (Fsp3) is 0.913. The van der Waals surface area contributed by atoms with Crippen LogP contribution in [0.15, 0.2) is 0 Å². The van der Waals surface area contributed by atoms with Crippen LogP contribution >= 0.6 is 15.9 Å². The normalized spacial score (nSPS) is 51.7. The Labute approximate surface area is 172 Å². The third-order valence-corrected chi connectivity index (χ3v) is 11.5. The Bertz CT molecular complexity index is 648. The van der Waals surface area contributed by atoms with Crippen LogP contribution in [0.25, 0.3) is 0 Å². The number of hydrogen-bond acceptors (Lipinski definition) is 3. The molecule has 0 aromatic heterocycles. The summed E-state index contributed by atoms with van der Waals surface area (Å²) in [4.78, 5) is 23.9. The quantitative estimate of drug-likeness (QED) is 0.411. The van der Waals surface area contributed by atoms with Gasteiger partial charge in [0.15, 0.2) is 0 Å². The van der Waals surface area contributed by atoms with Gasteiger partial charge in [-0.2, -0.15) is 0 Å². The molecule has 4 heteroatoms. The van der Waals surface area contributed by atoms with E-state index in [9.17, 15) is 9.59 Å². The second-order valence-electron chi connectivity index (χ2n) is 10.5. The molecule has 0 radical (unpaired) electrons. The van der Waals surface area contributed by atoms with E-state index in [0.717, 1.165) is 31.1 Å². The summed E-state index contributed by atoms with van der Waals surface area (Å²) in [7, 11) is 0. The first kappa shape index (κ1) is 19.9. The van der Waals surface area contributed by atoms with Gasteiger partial charge in [0.1, 0.15) is 11.9 Å². The fourth-order valence-electron chi connectivity index (χ4n) is 8.12. The second kappa shape index (κ2) is 6.57. The van der Waals surface area contributed by atoms with Crippen LogP contribution in [-0.2, 0) is 14.3 Å². The molecular formula is C23H35BrO3. The minimum atomic E-state index is -0.305. The molecule has 27 heavy (non-hydrogen) atoms.